The molecule has 2 nitrogen and oxygen atoms in total. The van der Waals surface area contributed by atoms with Crippen LogP contribution < -0.4 is 0 Å². The SMILES string of the molecule is CCCCCCCCCCCCCCCCc1cc(C)sc1-c1cc2sc(-c3sc(-c4ccc(C)c5nsnc45)cc3CCCCCCCCCCCCCCCC)cc2s1. The van der Waals surface area contributed by atoms with E-state index in [1.807, 2.05) is 45.3 Å². The molecular weight excluding hydrogens is 837 g/mol. The fourth-order valence-electron chi connectivity index (χ4n) is 9.19. The molecule has 6 rings (SSSR count). The van der Waals surface area contributed by atoms with Crippen LogP contribution >= 0.6 is 57.1 Å². The van der Waals surface area contributed by atoms with Crippen LogP contribution in [-0.4, -0.2) is 8.75 Å². The van der Waals surface area contributed by atoms with Gasteiger partial charge in [-0.25, -0.2) is 0 Å². The van der Waals surface area contributed by atoms with Gasteiger partial charge in [0.2, 0.25) is 0 Å². The molecule has 0 aliphatic rings. The smallest absolute Gasteiger partial charge is 0.113 e. The van der Waals surface area contributed by atoms with Crippen LogP contribution in [-0.2, 0) is 12.8 Å². The zero-order valence-electron chi connectivity index (χ0n) is 38.6. The molecule has 0 spiro atoms. The van der Waals surface area contributed by atoms with Gasteiger partial charge in [-0.15, -0.1) is 45.3 Å². The van der Waals surface area contributed by atoms with Crippen molar-refractivity contribution >= 4 is 77.5 Å². The predicted octanol–water partition coefficient (Wildman–Crippen LogP) is 20.8. The van der Waals surface area contributed by atoms with E-state index in [0.717, 1.165) is 17.5 Å². The van der Waals surface area contributed by atoms with Gasteiger partial charge in [0.25, 0.3) is 0 Å². The maximum atomic E-state index is 4.78. The molecule has 0 radical (unpaired) electrons. The van der Waals surface area contributed by atoms with Gasteiger partial charge in [0, 0.05) is 44.2 Å². The molecule has 7 heteroatoms. The summed E-state index contributed by atoms with van der Waals surface area (Å²) in [5, 5.41) is 0. The van der Waals surface area contributed by atoms with E-state index in [0.29, 0.717) is 0 Å². The third-order valence-electron chi connectivity index (χ3n) is 12.9. The van der Waals surface area contributed by atoms with Gasteiger partial charge >= 0.3 is 0 Å². The Morgan fingerprint density at radius 3 is 1.28 bits per heavy atom. The van der Waals surface area contributed by atoms with Crippen molar-refractivity contribution in [3.8, 4) is 29.9 Å². The lowest BCUT2D eigenvalue weighted by atomic mass is 10.0. The maximum Gasteiger partial charge on any atom is 0.113 e. The average molecular weight is 916 g/mol. The summed E-state index contributed by atoms with van der Waals surface area (Å²) in [6, 6.07) is 14.5. The zero-order chi connectivity index (χ0) is 42.5. The summed E-state index contributed by atoms with van der Waals surface area (Å²) in [4.78, 5) is 8.70. The second kappa shape index (κ2) is 27.4. The van der Waals surface area contributed by atoms with Gasteiger partial charge in [0.05, 0.1) is 11.7 Å². The van der Waals surface area contributed by atoms with Gasteiger partial charge in [-0.3, -0.25) is 0 Å². The molecule has 0 fully saturated rings. The van der Waals surface area contributed by atoms with Crippen molar-refractivity contribution < 1.29 is 0 Å². The first-order chi connectivity index (χ1) is 30.1. The van der Waals surface area contributed by atoms with Crippen LogP contribution in [0.2, 0.25) is 0 Å². The highest BCUT2D eigenvalue weighted by Crippen LogP contribution is 2.48. The Morgan fingerprint density at radius 1 is 0.393 bits per heavy atom. The second-order valence-electron chi connectivity index (χ2n) is 18.2. The number of hydrogen-bond acceptors (Lipinski definition) is 7. The molecule has 0 saturated heterocycles. The molecular formula is C54H78N2S5. The third kappa shape index (κ3) is 15.4. The van der Waals surface area contributed by atoms with E-state index < -0.39 is 0 Å². The summed E-state index contributed by atoms with van der Waals surface area (Å²) in [6.45, 7) is 9.07. The van der Waals surface area contributed by atoms with Crippen LogP contribution in [0.4, 0.5) is 0 Å². The highest BCUT2D eigenvalue weighted by molar-refractivity contribution is 7.33. The highest BCUT2D eigenvalue weighted by Gasteiger charge is 2.20. The van der Waals surface area contributed by atoms with Crippen LogP contribution in [0.15, 0.2) is 36.4 Å². The van der Waals surface area contributed by atoms with Gasteiger partial charge in [-0.1, -0.05) is 193 Å². The van der Waals surface area contributed by atoms with Gasteiger partial charge in [0.1, 0.15) is 11.0 Å². The summed E-state index contributed by atoms with van der Waals surface area (Å²) >= 11 is 9.36. The van der Waals surface area contributed by atoms with E-state index in [-0.39, 0.29) is 0 Å². The molecule has 0 atom stereocenters. The Labute approximate surface area is 391 Å². The highest BCUT2D eigenvalue weighted by atomic mass is 32.1. The third-order valence-corrected chi connectivity index (χ3v) is 18.4. The van der Waals surface area contributed by atoms with Crippen LogP contribution in [0, 0.1) is 13.8 Å². The molecule has 334 valence electrons. The zero-order valence-corrected chi connectivity index (χ0v) is 42.7. The monoisotopic (exact) mass is 914 g/mol. The van der Waals surface area contributed by atoms with E-state index in [2.05, 4.69) is 68.5 Å². The first-order valence-electron chi connectivity index (χ1n) is 25.0. The van der Waals surface area contributed by atoms with E-state index in [4.69, 9.17) is 4.37 Å². The number of nitrogens with zero attached hydrogens (tertiary/aromatic N) is 2. The lowest BCUT2D eigenvalue weighted by Crippen LogP contribution is -1.87. The molecule has 61 heavy (non-hydrogen) atoms. The van der Waals surface area contributed by atoms with Crippen molar-refractivity contribution in [1.29, 1.82) is 0 Å². The molecule has 0 aliphatic carbocycles. The Kier molecular flexibility index (Phi) is 21.8. The number of aromatic nitrogens is 2. The molecule has 1 aromatic carbocycles. The Bertz CT molecular complexity index is 2070. The first-order valence-corrected chi connectivity index (χ1v) is 29.0. The minimum atomic E-state index is 1.06. The molecule has 5 heterocycles. The van der Waals surface area contributed by atoms with Crippen molar-refractivity contribution in [2.24, 2.45) is 0 Å². The van der Waals surface area contributed by atoms with Gasteiger partial charge in [-0.2, -0.15) is 8.75 Å². The Balaban J connectivity index is 1.01. The van der Waals surface area contributed by atoms with Gasteiger partial charge in [-0.05, 0) is 80.5 Å². The van der Waals surface area contributed by atoms with Crippen LogP contribution in [0.3, 0.4) is 0 Å². The van der Waals surface area contributed by atoms with Gasteiger partial charge in [0.15, 0.2) is 0 Å². The molecule has 0 unspecified atom stereocenters. The normalized spacial score (nSPS) is 11.9. The largest absolute Gasteiger partial charge is 0.173 e. The molecule has 0 bridgehead atoms. The Morgan fingerprint density at radius 2 is 0.803 bits per heavy atom. The summed E-state index contributed by atoms with van der Waals surface area (Å²) in [6.07, 6.45) is 41.8. The van der Waals surface area contributed by atoms with Crippen LogP contribution in [0.5, 0.6) is 0 Å². The number of thiophene rings is 4. The second-order valence-corrected chi connectivity index (χ2v) is 23.2. The summed E-state index contributed by atoms with van der Waals surface area (Å²) in [7, 11) is 0. The van der Waals surface area contributed by atoms with Crippen molar-refractivity contribution in [3.63, 3.8) is 0 Å². The van der Waals surface area contributed by atoms with Crippen molar-refractivity contribution in [3.05, 3.63) is 58.0 Å². The van der Waals surface area contributed by atoms with Crippen molar-refractivity contribution in [2.45, 2.75) is 220 Å². The minimum Gasteiger partial charge on any atom is -0.173 e. The standard InChI is InChI=1S/C54H78N2S5/c1-5-7-9-11-13-15-17-19-21-23-25-27-29-31-33-43-37-42(4)57-53(43)49-39-47-48(58-49)40-50(59-47)54-44(34-32-30-28-26-24-22-20-18-16-14-12-10-8-6-2)38-46(60-54)45-36-35-41(3)51-52(45)56-61-55-51/h35-40H,5-34H2,1-4H3. The molecule has 0 N–H and O–H groups in total. The quantitative estimate of drug-likeness (QED) is 0.0385. The Hall–Kier alpha value is -1.90. The van der Waals surface area contributed by atoms with Gasteiger partial charge < -0.3 is 0 Å². The van der Waals surface area contributed by atoms with E-state index in [1.165, 1.54) is 253 Å². The number of benzene rings is 1. The van der Waals surface area contributed by atoms with E-state index in [1.54, 1.807) is 5.56 Å². The van der Waals surface area contributed by atoms with Crippen LogP contribution in [0.1, 0.15) is 215 Å². The average Bonchev–Trinajstić information content (AvgIpc) is 4.11. The molecule has 0 aliphatic heterocycles. The number of unbranched alkanes of at least 4 members (excludes halogenated alkanes) is 26. The molecule has 0 saturated carbocycles. The van der Waals surface area contributed by atoms with Crippen molar-refractivity contribution in [2.75, 3.05) is 0 Å². The molecule has 6 aromatic rings. The number of rotatable bonds is 33. The number of fused-ring (bicyclic) bond motifs is 2. The maximum absolute atomic E-state index is 4.78. The summed E-state index contributed by atoms with van der Waals surface area (Å²) in [5.41, 5.74) is 7.68. The number of aryl methyl sites for hydroxylation is 4. The fourth-order valence-corrected chi connectivity index (χ4v) is 14.8. The number of hydrogen-bond donors (Lipinski definition) is 0. The van der Waals surface area contributed by atoms with Crippen LogP contribution in [0.25, 0.3) is 50.4 Å². The van der Waals surface area contributed by atoms with E-state index in [9.17, 15) is 0 Å². The first kappa shape index (κ1) is 48.6. The summed E-state index contributed by atoms with van der Waals surface area (Å²) < 4.78 is 12.3. The lowest BCUT2D eigenvalue weighted by molar-refractivity contribution is 0.535. The van der Waals surface area contributed by atoms with E-state index >= 15 is 0 Å². The van der Waals surface area contributed by atoms with Crippen molar-refractivity contribution in [1.82, 2.24) is 8.75 Å². The molecule has 5 aromatic heterocycles. The molecule has 0 amide bonds. The fraction of sp³-hybridized carbons (Fsp3) is 0.630. The predicted molar refractivity (Wildman–Crippen MR) is 280 cm³/mol. The minimum absolute atomic E-state index is 1.06. The summed E-state index contributed by atoms with van der Waals surface area (Å²) in [5.74, 6) is 0. The lowest BCUT2D eigenvalue weighted by Gasteiger charge is -2.04. The topological polar surface area (TPSA) is 25.8 Å².